The van der Waals surface area contributed by atoms with Crippen molar-refractivity contribution >= 4 is 33.9 Å². The molecule has 2 heterocycles. The molecule has 4 aromatic rings. The smallest absolute Gasteiger partial charge is 0.340 e. The van der Waals surface area contributed by atoms with Gasteiger partial charge in [0.15, 0.2) is 0 Å². The number of hydrogen-bond donors (Lipinski definition) is 2. The summed E-state index contributed by atoms with van der Waals surface area (Å²) in [5.74, 6) is 0.152. The van der Waals surface area contributed by atoms with Crippen LogP contribution in [0, 0.1) is 0 Å². The zero-order valence-electron chi connectivity index (χ0n) is 14.7. The van der Waals surface area contributed by atoms with E-state index in [1.54, 1.807) is 36.4 Å². The lowest BCUT2D eigenvalue weighted by Gasteiger charge is -2.13. The van der Waals surface area contributed by atoms with Crippen LogP contribution in [0.25, 0.3) is 22.0 Å². The van der Waals surface area contributed by atoms with Crippen molar-refractivity contribution in [2.75, 3.05) is 5.32 Å². The molecule has 0 fully saturated rings. The number of hydrogen-bond acceptors (Lipinski definition) is 3. The van der Waals surface area contributed by atoms with Crippen molar-refractivity contribution in [1.82, 2.24) is 9.97 Å². The van der Waals surface area contributed by atoms with Crippen LogP contribution in [-0.2, 0) is 6.18 Å². The molecule has 8 heteroatoms. The number of aromatic nitrogens is 2. The van der Waals surface area contributed by atoms with Crippen LogP contribution in [0.2, 0.25) is 5.02 Å². The van der Waals surface area contributed by atoms with Gasteiger partial charge in [-0.15, -0.1) is 0 Å². The normalized spacial score (nSPS) is 11.6. The molecule has 0 aliphatic heterocycles. The van der Waals surface area contributed by atoms with Crippen LogP contribution in [-0.4, -0.2) is 9.97 Å². The van der Waals surface area contributed by atoms with Gasteiger partial charge in [-0.2, -0.15) is 13.2 Å². The Kier molecular flexibility index (Phi) is 4.76. The standard InChI is InChI=1S/C21H13ClF3N3O/c22-15-5-1-3-12(9-15)17-10-13-7-8-26-20(29)18(13)19(28-17)27-16-6-2-4-14(11-16)21(23,24)25/h1-11H,(H,26,29)(H,27,28). The number of alkyl halides is 3. The summed E-state index contributed by atoms with van der Waals surface area (Å²) in [5, 5.41) is 4.21. The molecule has 0 aliphatic rings. The summed E-state index contributed by atoms with van der Waals surface area (Å²) in [6.07, 6.45) is -2.98. The number of fused-ring (bicyclic) bond motifs is 1. The maximum atomic E-state index is 13.0. The largest absolute Gasteiger partial charge is 0.416 e. The lowest BCUT2D eigenvalue weighted by molar-refractivity contribution is -0.137. The number of halogens is 4. The Bertz CT molecular complexity index is 1270. The molecule has 0 bridgehead atoms. The van der Waals surface area contributed by atoms with Gasteiger partial charge in [-0.1, -0.05) is 29.8 Å². The zero-order valence-corrected chi connectivity index (χ0v) is 15.5. The average Bonchev–Trinajstić information content (AvgIpc) is 2.67. The first kappa shape index (κ1) is 19.0. The summed E-state index contributed by atoms with van der Waals surface area (Å²) < 4.78 is 39.1. The maximum absolute atomic E-state index is 13.0. The van der Waals surface area contributed by atoms with Crippen molar-refractivity contribution in [2.24, 2.45) is 0 Å². The number of H-pyrrole nitrogens is 1. The molecule has 146 valence electrons. The van der Waals surface area contributed by atoms with Crippen LogP contribution in [0.3, 0.4) is 0 Å². The van der Waals surface area contributed by atoms with E-state index >= 15 is 0 Å². The van der Waals surface area contributed by atoms with Crippen molar-refractivity contribution in [3.05, 3.63) is 87.8 Å². The molecule has 0 aliphatic carbocycles. The molecule has 4 rings (SSSR count). The van der Waals surface area contributed by atoms with Crippen LogP contribution < -0.4 is 10.9 Å². The highest BCUT2D eigenvalue weighted by molar-refractivity contribution is 6.30. The fraction of sp³-hybridized carbons (Fsp3) is 0.0476. The second-order valence-corrected chi connectivity index (χ2v) is 6.78. The van der Waals surface area contributed by atoms with Crippen LogP contribution in [0.5, 0.6) is 0 Å². The van der Waals surface area contributed by atoms with Crippen LogP contribution in [0.1, 0.15) is 5.56 Å². The lowest BCUT2D eigenvalue weighted by atomic mass is 10.1. The number of nitrogens with one attached hydrogen (secondary N) is 2. The summed E-state index contributed by atoms with van der Waals surface area (Å²) in [6.45, 7) is 0. The molecule has 0 radical (unpaired) electrons. The average molecular weight is 416 g/mol. The molecule has 29 heavy (non-hydrogen) atoms. The van der Waals surface area contributed by atoms with Gasteiger partial charge in [0.2, 0.25) is 0 Å². The molecule has 0 amide bonds. The fourth-order valence-corrected chi connectivity index (χ4v) is 3.20. The third-order valence-corrected chi connectivity index (χ3v) is 4.56. The Balaban J connectivity index is 1.88. The molecule has 4 nitrogen and oxygen atoms in total. The molecule has 0 spiro atoms. The minimum absolute atomic E-state index is 0.152. The van der Waals surface area contributed by atoms with Gasteiger partial charge in [0.05, 0.1) is 16.6 Å². The predicted molar refractivity (Wildman–Crippen MR) is 108 cm³/mol. The van der Waals surface area contributed by atoms with Gasteiger partial charge in [0, 0.05) is 22.5 Å². The lowest BCUT2D eigenvalue weighted by Crippen LogP contribution is -2.10. The van der Waals surface area contributed by atoms with Crippen LogP contribution >= 0.6 is 11.6 Å². The number of rotatable bonds is 3. The molecule has 2 aromatic heterocycles. The SMILES string of the molecule is O=c1[nH]ccc2cc(-c3cccc(Cl)c3)nc(Nc3cccc(C(F)(F)F)c3)c12. The van der Waals surface area contributed by atoms with Crippen molar-refractivity contribution in [2.45, 2.75) is 6.18 Å². The van der Waals surface area contributed by atoms with E-state index in [0.717, 1.165) is 12.1 Å². The third-order valence-electron chi connectivity index (χ3n) is 4.33. The van der Waals surface area contributed by atoms with Crippen LogP contribution in [0.4, 0.5) is 24.7 Å². The Hall–Kier alpha value is -3.32. The number of nitrogens with zero attached hydrogens (tertiary/aromatic N) is 1. The first-order valence-electron chi connectivity index (χ1n) is 8.54. The third kappa shape index (κ3) is 3.95. The monoisotopic (exact) mass is 415 g/mol. The van der Waals surface area contributed by atoms with Gasteiger partial charge < -0.3 is 10.3 Å². The van der Waals surface area contributed by atoms with Crippen LogP contribution in [0.15, 0.2) is 71.7 Å². The number of benzene rings is 2. The van der Waals surface area contributed by atoms with Gasteiger partial charge in [-0.05, 0) is 47.9 Å². The Morgan fingerprint density at radius 2 is 1.79 bits per heavy atom. The van der Waals surface area contributed by atoms with E-state index in [-0.39, 0.29) is 16.9 Å². The fourth-order valence-electron chi connectivity index (χ4n) is 3.01. The summed E-state index contributed by atoms with van der Waals surface area (Å²) in [7, 11) is 0. The minimum Gasteiger partial charge on any atom is -0.340 e. The highest BCUT2D eigenvalue weighted by atomic mass is 35.5. The second-order valence-electron chi connectivity index (χ2n) is 6.34. The molecule has 2 aromatic carbocycles. The van der Waals surface area contributed by atoms with E-state index in [0.29, 0.717) is 21.7 Å². The van der Waals surface area contributed by atoms with E-state index in [4.69, 9.17) is 11.6 Å². The molecule has 0 saturated heterocycles. The van der Waals surface area contributed by atoms with Crippen molar-refractivity contribution in [3.8, 4) is 11.3 Å². The summed E-state index contributed by atoms with van der Waals surface area (Å²) in [4.78, 5) is 19.4. The first-order valence-corrected chi connectivity index (χ1v) is 8.92. The van der Waals surface area contributed by atoms with E-state index < -0.39 is 17.3 Å². The number of pyridine rings is 2. The van der Waals surface area contributed by atoms with Gasteiger partial charge in [0.1, 0.15) is 5.82 Å². The van der Waals surface area contributed by atoms with Crippen molar-refractivity contribution in [1.29, 1.82) is 0 Å². The molecule has 2 N–H and O–H groups in total. The zero-order chi connectivity index (χ0) is 20.6. The highest BCUT2D eigenvalue weighted by Crippen LogP contribution is 2.33. The van der Waals surface area contributed by atoms with E-state index in [1.165, 1.54) is 18.3 Å². The molecule has 0 unspecified atom stereocenters. The maximum Gasteiger partial charge on any atom is 0.416 e. The Morgan fingerprint density at radius 3 is 2.55 bits per heavy atom. The molecular weight excluding hydrogens is 403 g/mol. The summed E-state index contributed by atoms with van der Waals surface area (Å²) in [6, 6.07) is 15.2. The van der Waals surface area contributed by atoms with Gasteiger partial charge in [0.25, 0.3) is 5.56 Å². The topological polar surface area (TPSA) is 57.8 Å². The van der Waals surface area contributed by atoms with Crippen molar-refractivity contribution in [3.63, 3.8) is 0 Å². The Labute approximate surface area is 168 Å². The second kappa shape index (κ2) is 7.25. The van der Waals surface area contributed by atoms with Gasteiger partial charge in [-0.3, -0.25) is 4.79 Å². The first-order chi connectivity index (χ1) is 13.8. The summed E-state index contributed by atoms with van der Waals surface area (Å²) in [5.41, 5.74) is 0.209. The van der Waals surface area contributed by atoms with E-state index in [9.17, 15) is 18.0 Å². The van der Waals surface area contributed by atoms with E-state index in [1.807, 2.05) is 0 Å². The van der Waals surface area contributed by atoms with Crippen molar-refractivity contribution < 1.29 is 13.2 Å². The molecule has 0 saturated carbocycles. The summed E-state index contributed by atoms with van der Waals surface area (Å²) >= 11 is 6.06. The number of anilines is 2. The Morgan fingerprint density at radius 1 is 1.00 bits per heavy atom. The van der Waals surface area contributed by atoms with E-state index in [2.05, 4.69) is 15.3 Å². The highest BCUT2D eigenvalue weighted by Gasteiger charge is 2.30. The van der Waals surface area contributed by atoms with Gasteiger partial charge in [-0.25, -0.2) is 4.98 Å². The predicted octanol–water partition coefficient (Wildman–Crippen LogP) is 6.01. The minimum atomic E-state index is -4.48. The molecule has 0 atom stereocenters. The molecular formula is C21H13ClF3N3O. The quantitative estimate of drug-likeness (QED) is 0.431. The number of aromatic amines is 1. The van der Waals surface area contributed by atoms with Gasteiger partial charge >= 0.3 is 6.18 Å².